The topological polar surface area (TPSA) is 89.2 Å². The minimum absolute atomic E-state index is 0.127. The third-order valence-corrected chi connectivity index (χ3v) is 6.32. The molecule has 9 heteroatoms. The molecule has 0 spiro atoms. The van der Waals surface area contributed by atoms with Gasteiger partial charge in [0.05, 0.1) is 27.7 Å². The summed E-state index contributed by atoms with van der Waals surface area (Å²) in [6, 6.07) is 19.6. The molecular formula is C22H20ClN5O2S. The van der Waals surface area contributed by atoms with E-state index in [1.54, 1.807) is 22.9 Å². The van der Waals surface area contributed by atoms with Crippen LogP contribution < -0.4 is 4.83 Å². The lowest BCUT2D eigenvalue weighted by Crippen LogP contribution is -2.23. The zero-order valence-corrected chi connectivity index (χ0v) is 18.5. The van der Waals surface area contributed by atoms with E-state index >= 15 is 0 Å². The molecule has 31 heavy (non-hydrogen) atoms. The maximum absolute atomic E-state index is 12.7. The van der Waals surface area contributed by atoms with Crippen LogP contribution in [-0.2, 0) is 16.6 Å². The van der Waals surface area contributed by atoms with Gasteiger partial charge < -0.3 is 0 Å². The lowest BCUT2D eigenvalue weighted by molar-refractivity contribution is 0.584. The molecule has 0 saturated carbocycles. The Bertz CT molecular complexity index is 1380. The molecule has 158 valence electrons. The molecule has 4 aromatic rings. The predicted octanol–water partition coefficient (Wildman–Crippen LogP) is 4.08. The fourth-order valence-corrected chi connectivity index (χ4v) is 4.27. The second kappa shape index (κ2) is 8.49. The molecule has 0 radical (unpaired) electrons. The lowest BCUT2D eigenvalue weighted by atomic mass is 10.1. The predicted molar refractivity (Wildman–Crippen MR) is 122 cm³/mol. The Morgan fingerprint density at radius 2 is 1.74 bits per heavy atom. The van der Waals surface area contributed by atoms with Gasteiger partial charge in [0.2, 0.25) is 0 Å². The van der Waals surface area contributed by atoms with Crippen LogP contribution in [0.25, 0.3) is 11.0 Å². The summed E-state index contributed by atoms with van der Waals surface area (Å²) in [6.07, 6.45) is 0. The summed E-state index contributed by atoms with van der Waals surface area (Å²) in [7, 11) is -3.85. The fourth-order valence-electron chi connectivity index (χ4n) is 3.10. The lowest BCUT2D eigenvalue weighted by Gasteiger charge is -2.11. The Morgan fingerprint density at radius 3 is 2.48 bits per heavy atom. The van der Waals surface area contributed by atoms with Crippen molar-refractivity contribution in [3.8, 4) is 0 Å². The molecule has 3 aromatic carbocycles. The maximum Gasteiger partial charge on any atom is 0.276 e. The number of hydrogen-bond acceptors (Lipinski definition) is 5. The van der Waals surface area contributed by atoms with Gasteiger partial charge in [0.25, 0.3) is 10.0 Å². The van der Waals surface area contributed by atoms with Crippen LogP contribution >= 0.6 is 11.6 Å². The number of aryl methyl sites for hydroxylation is 2. The first-order valence-corrected chi connectivity index (χ1v) is 11.4. The number of hydrazone groups is 1. The number of rotatable bonds is 6. The highest BCUT2D eigenvalue weighted by Crippen LogP contribution is 2.20. The molecule has 0 amide bonds. The monoisotopic (exact) mass is 453 g/mol. The normalized spacial score (nSPS) is 12.3. The highest BCUT2D eigenvalue weighted by atomic mass is 35.5. The van der Waals surface area contributed by atoms with Gasteiger partial charge in [-0.3, -0.25) is 0 Å². The molecule has 0 aliphatic carbocycles. The van der Waals surface area contributed by atoms with Crippen molar-refractivity contribution < 1.29 is 8.42 Å². The average Bonchev–Trinajstić information content (AvgIpc) is 3.15. The number of nitrogens with one attached hydrogen (secondary N) is 1. The Morgan fingerprint density at radius 1 is 1.03 bits per heavy atom. The number of sulfonamides is 1. The standard InChI is InChI=1S/C22H20ClN5O2S/c1-15-7-10-17(11-8-15)31(29,30)27-25-21(18-12-9-16(2)13-19(18)23)14-28-22-6-4-3-5-20(22)24-26-28/h3-13,27H,14H2,1-2H3/b25-21+. The smallest absolute Gasteiger partial charge is 0.239 e. The van der Waals surface area contributed by atoms with Crippen LogP contribution in [0.15, 0.2) is 76.7 Å². The summed E-state index contributed by atoms with van der Waals surface area (Å²) in [6.45, 7) is 4.00. The highest BCUT2D eigenvalue weighted by Gasteiger charge is 2.17. The van der Waals surface area contributed by atoms with Crippen molar-refractivity contribution in [1.29, 1.82) is 0 Å². The van der Waals surface area contributed by atoms with Crippen LogP contribution in [0.3, 0.4) is 0 Å². The van der Waals surface area contributed by atoms with Crippen molar-refractivity contribution in [2.75, 3.05) is 0 Å². The van der Waals surface area contributed by atoms with Crippen molar-refractivity contribution in [3.63, 3.8) is 0 Å². The summed E-state index contributed by atoms with van der Waals surface area (Å²) >= 11 is 6.46. The number of nitrogens with zero attached hydrogens (tertiary/aromatic N) is 4. The maximum atomic E-state index is 12.7. The molecule has 0 aliphatic rings. The van der Waals surface area contributed by atoms with E-state index in [-0.39, 0.29) is 11.4 Å². The molecule has 1 N–H and O–H groups in total. The molecule has 4 rings (SSSR count). The van der Waals surface area contributed by atoms with Crippen LogP contribution in [0.5, 0.6) is 0 Å². The summed E-state index contributed by atoms with van der Waals surface area (Å²) in [5.41, 5.74) is 4.51. The van der Waals surface area contributed by atoms with Gasteiger partial charge in [-0.1, -0.05) is 58.8 Å². The van der Waals surface area contributed by atoms with Crippen LogP contribution in [0.2, 0.25) is 5.02 Å². The van der Waals surface area contributed by atoms with E-state index in [2.05, 4.69) is 20.2 Å². The van der Waals surface area contributed by atoms with Gasteiger partial charge in [-0.25, -0.2) is 4.68 Å². The third kappa shape index (κ3) is 4.60. The van der Waals surface area contributed by atoms with E-state index in [9.17, 15) is 8.42 Å². The van der Waals surface area contributed by atoms with Gasteiger partial charge in [0.15, 0.2) is 0 Å². The van der Waals surface area contributed by atoms with Crippen molar-refractivity contribution in [2.24, 2.45) is 5.10 Å². The fraction of sp³-hybridized carbons (Fsp3) is 0.136. The van der Waals surface area contributed by atoms with E-state index < -0.39 is 10.0 Å². The van der Waals surface area contributed by atoms with Gasteiger partial charge >= 0.3 is 0 Å². The number of para-hydroxylation sites is 1. The molecule has 1 heterocycles. The summed E-state index contributed by atoms with van der Waals surface area (Å²) < 4.78 is 27.2. The molecule has 0 aliphatic heterocycles. The second-order valence-corrected chi connectivity index (χ2v) is 9.25. The van der Waals surface area contributed by atoms with Gasteiger partial charge in [0, 0.05) is 5.56 Å². The number of hydrogen-bond donors (Lipinski definition) is 1. The zero-order chi connectivity index (χ0) is 22.0. The quantitative estimate of drug-likeness (QED) is 0.352. The van der Waals surface area contributed by atoms with E-state index in [1.165, 1.54) is 12.1 Å². The van der Waals surface area contributed by atoms with Crippen molar-refractivity contribution in [1.82, 2.24) is 19.8 Å². The van der Waals surface area contributed by atoms with Gasteiger partial charge in [-0.15, -0.1) is 5.10 Å². The van der Waals surface area contributed by atoms with E-state index in [0.29, 0.717) is 16.3 Å². The highest BCUT2D eigenvalue weighted by molar-refractivity contribution is 7.89. The first-order valence-electron chi connectivity index (χ1n) is 9.53. The largest absolute Gasteiger partial charge is 0.276 e. The molecule has 0 saturated heterocycles. The van der Waals surface area contributed by atoms with Gasteiger partial charge in [-0.05, 0) is 49.7 Å². The Balaban J connectivity index is 1.73. The number of aromatic nitrogens is 3. The molecule has 0 unspecified atom stereocenters. The zero-order valence-electron chi connectivity index (χ0n) is 16.9. The van der Waals surface area contributed by atoms with Gasteiger partial charge in [0.1, 0.15) is 5.52 Å². The second-order valence-electron chi connectivity index (χ2n) is 7.19. The molecule has 0 atom stereocenters. The minimum atomic E-state index is -3.85. The van der Waals surface area contributed by atoms with Gasteiger partial charge in [-0.2, -0.15) is 18.4 Å². The first kappa shape index (κ1) is 21.0. The van der Waals surface area contributed by atoms with E-state index in [0.717, 1.165) is 22.2 Å². The number of halogens is 1. The number of benzene rings is 3. The Kier molecular flexibility index (Phi) is 5.75. The van der Waals surface area contributed by atoms with E-state index in [4.69, 9.17) is 11.6 Å². The first-order chi connectivity index (χ1) is 14.8. The molecule has 7 nitrogen and oxygen atoms in total. The van der Waals surface area contributed by atoms with Crippen molar-refractivity contribution in [3.05, 3.63) is 88.4 Å². The summed E-state index contributed by atoms with van der Waals surface area (Å²) in [4.78, 5) is 2.46. The molecule has 0 fully saturated rings. The van der Waals surface area contributed by atoms with Crippen LogP contribution in [0, 0.1) is 13.8 Å². The SMILES string of the molecule is Cc1ccc(S(=O)(=O)N/N=C(\Cn2nnc3ccccc32)c2ccc(C)cc2Cl)cc1. The average molecular weight is 454 g/mol. The Hall–Kier alpha value is -3.23. The van der Waals surface area contributed by atoms with Crippen molar-refractivity contribution in [2.45, 2.75) is 25.3 Å². The minimum Gasteiger partial charge on any atom is -0.239 e. The Labute approximate surface area is 185 Å². The van der Waals surface area contributed by atoms with Crippen LogP contribution in [0.4, 0.5) is 0 Å². The van der Waals surface area contributed by atoms with E-state index in [1.807, 2.05) is 50.2 Å². The number of fused-ring (bicyclic) bond motifs is 1. The molecule has 0 bridgehead atoms. The third-order valence-electron chi connectivity index (χ3n) is 4.79. The summed E-state index contributed by atoms with van der Waals surface area (Å²) in [5, 5.41) is 13.1. The van der Waals surface area contributed by atoms with Crippen molar-refractivity contribution >= 4 is 38.4 Å². The van der Waals surface area contributed by atoms with Crippen LogP contribution in [-0.4, -0.2) is 29.1 Å². The molecular weight excluding hydrogens is 434 g/mol. The van der Waals surface area contributed by atoms with Crippen LogP contribution in [0.1, 0.15) is 16.7 Å². The molecule has 1 aromatic heterocycles. The summed E-state index contributed by atoms with van der Waals surface area (Å²) in [5.74, 6) is 0.